The standard InChI is InChI=1S/C18H30N4O3/c1-12(2)9-14(20-3)17(24)22-15(10-19)16-13(11-21-18(16)25)7-5-4-6-8-23/h8,12-16,20H,4-7,9,11H2,1-3H3,(H,21,25)(H,22,24)/t13-,14?,15?,16?/m0/s1. The van der Waals surface area contributed by atoms with Crippen LogP contribution in [0.15, 0.2) is 0 Å². The molecule has 0 aromatic heterocycles. The molecule has 1 fully saturated rings. The smallest absolute Gasteiger partial charge is 0.238 e. The Hall–Kier alpha value is -1.94. The Bertz CT molecular complexity index is 501. The summed E-state index contributed by atoms with van der Waals surface area (Å²) in [6, 6.07) is 0.871. The quantitative estimate of drug-likeness (QED) is 0.376. The molecular weight excluding hydrogens is 320 g/mol. The molecule has 1 heterocycles. The first kappa shape index (κ1) is 21.1. The predicted molar refractivity (Wildman–Crippen MR) is 94.4 cm³/mol. The second kappa shape index (κ2) is 10.8. The van der Waals surface area contributed by atoms with E-state index in [0.29, 0.717) is 25.3 Å². The van der Waals surface area contributed by atoms with Gasteiger partial charge in [-0.2, -0.15) is 5.26 Å². The number of carbonyl (C=O) groups excluding carboxylic acids is 3. The zero-order valence-corrected chi connectivity index (χ0v) is 15.4. The van der Waals surface area contributed by atoms with Crippen LogP contribution in [0.4, 0.5) is 0 Å². The largest absolute Gasteiger partial charge is 0.355 e. The molecule has 3 N–H and O–H groups in total. The Morgan fingerprint density at radius 3 is 2.72 bits per heavy atom. The molecule has 2 amide bonds. The lowest BCUT2D eigenvalue weighted by molar-refractivity contribution is -0.126. The number of nitrogens with zero attached hydrogens (tertiary/aromatic N) is 1. The summed E-state index contributed by atoms with van der Waals surface area (Å²) in [5, 5.41) is 18.0. The molecule has 1 saturated heterocycles. The highest BCUT2D eigenvalue weighted by molar-refractivity contribution is 5.86. The number of hydrogen-bond donors (Lipinski definition) is 3. The van der Waals surface area contributed by atoms with E-state index in [2.05, 4.69) is 22.0 Å². The highest BCUT2D eigenvalue weighted by atomic mass is 16.2. The second-order valence-corrected chi connectivity index (χ2v) is 7.07. The fraction of sp³-hybridized carbons (Fsp3) is 0.778. The van der Waals surface area contributed by atoms with Crippen LogP contribution < -0.4 is 16.0 Å². The second-order valence-electron chi connectivity index (χ2n) is 7.07. The van der Waals surface area contributed by atoms with Crippen molar-refractivity contribution in [3.8, 4) is 6.07 Å². The molecule has 25 heavy (non-hydrogen) atoms. The van der Waals surface area contributed by atoms with E-state index in [0.717, 1.165) is 25.5 Å². The minimum atomic E-state index is -0.839. The molecule has 0 spiro atoms. The lowest BCUT2D eigenvalue weighted by Gasteiger charge is -2.25. The summed E-state index contributed by atoms with van der Waals surface area (Å²) in [6.45, 7) is 4.57. The number of carbonyl (C=O) groups is 3. The van der Waals surface area contributed by atoms with Crippen molar-refractivity contribution >= 4 is 18.1 Å². The van der Waals surface area contributed by atoms with Crippen LogP contribution in [0.5, 0.6) is 0 Å². The van der Waals surface area contributed by atoms with Crippen molar-refractivity contribution in [1.82, 2.24) is 16.0 Å². The van der Waals surface area contributed by atoms with Gasteiger partial charge in [-0.05, 0) is 38.1 Å². The van der Waals surface area contributed by atoms with Crippen LogP contribution in [0.3, 0.4) is 0 Å². The summed E-state index contributed by atoms with van der Waals surface area (Å²) in [4.78, 5) is 35.0. The Labute approximate surface area is 149 Å². The molecule has 0 aliphatic carbocycles. The summed E-state index contributed by atoms with van der Waals surface area (Å²) < 4.78 is 0. The van der Waals surface area contributed by atoms with Crippen LogP contribution in [0.1, 0.15) is 46.0 Å². The molecular formula is C18H30N4O3. The Balaban J connectivity index is 2.71. The molecule has 0 aromatic rings. The fourth-order valence-corrected chi connectivity index (χ4v) is 3.31. The Kier molecular flexibility index (Phi) is 9.14. The molecule has 7 nitrogen and oxygen atoms in total. The van der Waals surface area contributed by atoms with Gasteiger partial charge in [-0.1, -0.05) is 20.3 Å². The van der Waals surface area contributed by atoms with E-state index in [1.807, 2.05) is 13.8 Å². The third-order valence-electron chi connectivity index (χ3n) is 4.66. The van der Waals surface area contributed by atoms with Crippen LogP contribution in [-0.4, -0.2) is 43.8 Å². The van der Waals surface area contributed by atoms with Crippen LogP contribution in [-0.2, 0) is 14.4 Å². The third-order valence-corrected chi connectivity index (χ3v) is 4.66. The molecule has 140 valence electrons. The molecule has 3 unspecified atom stereocenters. The summed E-state index contributed by atoms with van der Waals surface area (Å²) in [7, 11) is 1.71. The van der Waals surface area contributed by atoms with Crippen molar-refractivity contribution in [2.24, 2.45) is 17.8 Å². The van der Waals surface area contributed by atoms with E-state index >= 15 is 0 Å². The summed E-state index contributed by atoms with van der Waals surface area (Å²) in [6.07, 6.45) is 4.42. The first-order chi connectivity index (χ1) is 11.9. The molecule has 7 heteroatoms. The van der Waals surface area contributed by atoms with Crippen LogP contribution in [0, 0.1) is 29.1 Å². The maximum atomic E-state index is 12.5. The van der Waals surface area contributed by atoms with Crippen LogP contribution in [0.2, 0.25) is 0 Å². The van der Waals surface area contributed by atoms with Gasteiger partial charge < -0.3 is 20.7 Å². The normalized spacial score (nSPS) is 22.1. The van der Waals surface area contributed by atoms with Gasteiger partial charge in [0.15, 0.2) is 0 Å². The van der Waals surface area contributed by atoms with Gasteiger partial charge in [0, 0.05) is 13.0 Å². The summed E-state index contributed by atoms with van der Waals surface area (Å²) in [5.41, 5.74) is 0. The maximum absolute atomic E-state index is 12.5. The minimum Gasteiger partial charge on any atom is -0.355 e. The van der Waals surface area contributed by atoms with Crippen molar-refractivity contribution < 1.29 is 14.4 Å². The van der Waals surface area contributed by atoms with Gasteiger partial charge in [0.25, 0.3) is 0 Å². The fourth-order valence-electron chi connectivity index (χ4n) is 3.31. The number of unbranched alkanes of at least 4 members (excludes halogenated alkanes) is 2. The molecule has 4 atom stereocenters. The predicted octanol–water partition coefficient (Wildman–Crippen LogP) is 0.750. The zero-order valence-electron chi connectivity index (χ0n) is 15.4. The summed E-state index contributed by atoms with van der Waals surface area (Å²) in [5.74, 6) is -0.632. The lowest BCUT2D eigenvalue weighted by atomic mass is 9.85. The Morgan fingerprint density at radius 2 is 2.16 bits per heavy atom. The van der Waals surface area contributed by atoms with E-state index in [-0.39, 0.29) is 23.8 Å². The lowest BCUT2D eigenvalue weighted by Crippen LogP contribution is -2.51. The Morgan fingerprint density at radius 1 is 1.44 bits per heavy atom. The van der Waals surface area contributed by atoms with Crippen molar-refractivity contribution in [2.75, 3.05) is 13.6 Å². The van der Waals surface area contributed by atoms with E-state index < -0.39 is 12.0 Å². The van der Waals surface area contributed by atoms with Gasteiger partial charge in [0.05, 0.1) is 18.0 Å². The number of nitriles is 1. The number of aldehydes is 1. The molecule has 0 saturated carbocycles. The average Bonchev–Trinajstić information content (AvgIpc) is 2.94. The molecule has 1 rings (SSSR count). The molecule has 1 aliphatic heterocycles. The number of hydrogen-bond acceptors (Lipinski definition) is 5. The minimum absolute atomic E-state index is 0.00207. The SMILES string of the molecule is CNC(CC(C)C)C(=O)NC(C#N)C1C(=O)NC[C@@H]1CCCCC=O. The first-order valence-electron chi connectivity index (χ1n) is 9.03. The van der Waals surface area contributed by atoms with Gasteiger partial charge in [0.2, 0.25) is 11.8 Å². The van der Waals surface area contributed by atoms with Crippen molar-refractivity contribution in [3.05, 3.63) is 0 Å². The molecule has 0 radical (unpaired) electrons. The maximum Gasteiger partial charge on any atom is 0.238 e. The first-order valence-corrected chi connectivity index (χ1v) is 9.03. The monoisotopic (exact) mass is 350 g/mol. The number of amides is 2. The van der Waals surface area contributed by atoms with Crippen molar-refractivity contribution in [2.45, 2.75) is 58.0 Å². The number of likely N-dealkylation sites (N-methyl/N-ethyl adjacent to an activating group) is 1. The van der Waals surface area contributed by atoms with Gasteiger partial charge in [-0.3, -0.25) is 9.59 Å². The molecule has 0 bridgehead atoms. The average molecular weight is 350 g/mol. The van der Waals surface area contributed by atoms with Gasteiger partial charge in [-0.15, -0.1) is 0 Å². The van der Waals surface area contributed by atoms with E-state index in [1.165, 1.54) is 0 Å². The van der Waals surface area contributed by atoms with E-state index in [4.69, 9.17) is 0 Å². The van der Waals surface area contributed by atoms with Gasteiger partial charge in [0.1, 0.15) is 12.3 Å². The van der Waals surface area contributed by atoms with Crippen LogP contribution in [0.25, 0.3) is 0 Å². The number of nitrogens with one attached hydrogen (secondary N) is 3. The van der Waals surface area contributed by atoms with E-state index in [1.54, 1.807) is 7.05 Å². The zero-order chi connectivity index (χ0) is 18.8. The topological polar surface area (TPSA) is 111 Å². The van der Waals surface area contributed by atoms with Gasteiger partial charge >= 0.3 is 0 Å². The van der Waals surface area contributed by atoms with Crippen molar-refractivity contribution in [1.29, 1.82) is 5.26 Å². The molecule has 1 aliphatic rings. The van der Waals surface area contributed by atoms with Crippen molar-refractivity contribution in [3.63, 3.8) is 0 Å². The van der Waals surface area contributed by atoms with E-state index in [9.17, 15) is 19.6 Å². The highest BCUT2D eigenvalue weighted by Crippen LogP contribution is 2.27. The summed E-state index contributed by atoms with van der Waals surface area (Å²) >= 11 is 0. The number of rotatable bonds is 11. The third kappa shape index (κ3) is 6.46. The molecule has 0 aromatic carbocycles. The van der Waals surface area contributed by atoms with Gasteiger partial charge in [-0.25, -0.2) is 0 Å². The highest BCUT2D eigenvalue weighted by Gasteiger charge is 2.41. The van der Waals surface area contributed by atoms with Crippen LogP contribution >= 0.6 is 0 Å².